The lowest BCUT2D eigenvalue weighted by atomic mass is 10.0. The van der Waals surface area contributed by atoms with E-state index < -0.39 is 42.4 Å². The van der Waals surface area contributed by atoms with Crippen molar-refractivity contribution in [1.82, 2.24) is 20.2 Å². The smallest absolute Gasteiger partial charge is 0.326 e. The molecule has 0 aromatic carbocycles. The highest BCUT2D eigenvalue weighted by Crippen LogP contribution is 2.20. The van der Waals surface area contributed by atoms with E-state index in [2.05, 4.69) is 27.8 Å². The summed E-state index contributed by atoms with van der Waals surface area (Å²) < 4.78 is 32.7. The zero-order valence-electron chi connectivity index (χ0n) is 22.7. The number of alkyl halides is 1. The Morgan fingerprint density at radius 2 is 2.08 bits per heavy atom. The van der Waals surface area contributed by atoms with E-state index in [1.165, 1.54) is 37.9 Å². The molecule has 9 nitrogen and oxygen atoms in total. The summed E-state index contributed by atoms with van der Waals surface area (Å²) >= 11 is 0. The number of aryl methyl sites for hydroxylation is 2. The summed E-state index contributed by atoms with van der Waals surface area (Å²) in [7, 11) is 1.44. The van der Waals surface area contributed by atoms with Crippen molar-refractivity contribution in [3.05, 3.63) is 53.2 Å². The van der Waals surface area contributed by atoms with Crippen LogP contribution >= 0.6 is 0 Å². The first kappa shape index (κ1) is 30.4. The molecule has 0 radical (unpaired) electrons. The first-order chi connectivity index (χ1) is 18.8. The van der Waals surface area contributed by atoms with Crippen molar-refractivity contribution in [2.75, 3.05) is 45.3 Å². The molecule has 0 spiro atoms. The molecule has 0 saturated carbocycles. The number of aliphatic carboxylic acids is 1. The van der Waals surface area contributed by atoms with Gasteiger partial charge in [0.05, 0.1) is 17.7 Å². The molecule has 1 unspecified atom stereocenters. The topological polar surface area (TPSA) is 117 Å². The van der Waals surface area contributed by atoms with E-state index in [0.717, 1.165) is 50.2 Å². The number of amides is 1. The van der Waals surface area contributed by atoms with Crippen LogP contribution in [0.2, 0.25) is 0 Å². The Hall–Kier alpha value is -3.18. The Balaban J connectivity index is 1.54. The minimum atomic E-state index is -1.20. The number of hydrogen-bond acceptors (Lipinski definition) is 7. The Kier molecular flexibility index (Phi) is 12.0. The summed E-state index contributed by atoms with van der Waals surface area (Å²) in [5.41, 5.74) is 2.21. The molecule has 39 heavy (non-hydrogen) atoms. The summed E-state index contributed by atoms with van der Waals surface area (Å²) in [5, 5.41) is 15.6. The monoisotopic (exact) mass is 547 g/mol. The number of hydrogen-bond donors (Lipinski definition) is 3. The van der Waals surface area contributed by atoms with Crippen molar-refractivity contribution >= 4 is 17.7 Å². The maximum atomic E-state index is 14.1. The zero-order valence-corrected chi connectivity index (χ0v) is 22.7. The minimum absolute atomic E-state index is 0.0455. The van der Waals surface area contributed by atoms with Gasteiger partial charge >= 0.3 is 5.97 Å². The molecule has 1 aliphatic heterocycles. The fraction of sp³-hybridized carbons (Fsp3) is 0.571. The van der Waals surface area contributed by atoms with Crippen LogP contribution in [0.25, 0.3) is 0 Å². The molecule has 0 saturated heterocycles. The number of carbonyl (C=O) groups excluding carboxylic acids is 1. The van der Waals surface area contributed by atoms with Gasteiger partial charge in [-0.1, -0.05) is 6.07 Å². The number of methoxy groups -OCH3 is 1. The molecule has 3 heterocycles. The van der Waals surface area contributed by atoms with Crippen molar-refractivity contribution in [1.29, 1.82) is 0 Å². The molecule has 1 amide bonds. The summed E-state index contributed by atoms with van der Waals surface area (Å²) in [5.74, 6) is -2.44. The number of ether oxygens (including phenoxy) is 1. The Bertz CT molecular complexity index is 1090. The maximum Gasteiger partial charge on any atom is 0.326 e. The van der Waals surface area contributed by atoms with Crippen molar-refractivity contribution in [3.63, 3.8) is 0 Å². The highest BCUT2D eigenvalue weighted by molar-refractivity contribution is 5.87. The lowest BCUT2D eigenvalue weighted by Crippen LogP contribution is -2.45. The van der Waals surface area contributed by atoms with Gasteiger partial charge in [-0.15, -0.1) is 0 Å². The number of halogens is 2. The summed E-state index contributed by atoms with van der Waals surface area (Å²) in [4.78, 5) is 35.2. The van der Waals surface area contributed by atoms with E-state index in [1.54, 1.807) is 0 Å². The number of rotatable bonds is 16. The largest absolute Gasteiger partial charge is 0.480 e. The minimum Gasteiger partial charge on any atom is -0.480 e. The molecule has 3 atom stereocenters. The number of pyridine rings is 2. The quantitative estimate of drug-likeness (QED) is 0.274. The van der Waals surface area contributed by atoms with Gasteiger partial charge in [0, 0.05) is 38.6 Å². The van der Waals surface area contributed by atoms with Crippen LogP contribution in [-0.2, 0) is 27.2 Å². The molecule has 3 rings (SSSR count). The van der Waals surface area contributed by atoms with Gasteiger partial charge in [0.2, 0.25) is 5.91 Å². The number of carboxylic acid groups (broad SMARTS) is 1. The van der Waals surface area contributed by atoms with Crippen LogP contribution in [0.3, 0.4) is 0 Å². The van der Waals surface area contributed by atoms with Gasteiger partial charge in [-0.25, -0.2) is 18.6 Å². The Morgan fingerprint density at radius 1 is 1.26 bits per heavy atom. The van der Waals surface area contributed by atoms with Crippen LogP contribution in [0.1, 0.15) is 55.5 Å². The van der Waals surface area contributed by atoms with Crippen LogP contribution < -0.4 is 10.6 Å². The third kappa shape index (κ3) is 9.21. The molecule has 0 bridgehead atoms. The Morgan fingerprint density at radius 3 is 2.79 bits per heavy atom. The van der Waals surface area contributed by atoms with Crippen LogP contribution in [-0.4, -0.2) is 84.0 Å². The first-order valence-corrected chi connectivity index (χ1v) is 13.5. The maximum absolute atomic E-state index is 14.1. The van der Waals surface area contributed by atoms with E-state index in [0.29, 0.717) is 19.6 Å². The average Bonchev–Trinajstić information content (AvgIpc) is 2.95. The van der Waals surface area contributed by atoms with Crippen molar-refractivity contribution < 1.29 is 28.2 Å². The van der Waals surface area contributed by atoms with Gasteiger partial charge in [-0.05, 0) is 75.8 Å². The standard InChI is InChI=1S/C28H39F2N5O4/c1-19(25-23(30)9-6-13-31-25)27(36)34-24(28(37)38)12-16-35(18-22(17-29)39-2)15-4-3-8-21-11-10-20-7-5-14-32-26(20)33-21/h6,9-11,13,19,22,24H,3-5,7-8,12,14-18H2,1-2H3,(H,32,33)(H,34,36)(H,37,38)/t19?,22-,24+/m1/s1. The predicted molar refractivity (Wildman–Crippen MR) is 144 cm³/mol. The second-order valence-electron chi connectivity index (χ2n) is 9.89. The number of aromatic nitrogens is 2. The third-order valence-electron chi connectivity index (χ3n) is 7.02. The summed E-state index contributed by atoms with van der Waals surface area (Å²) in [6.07, 6.45) is 5.45. The molecule has 2 aromatic rings. The van der Waals surface area contributed by atoms with E-state index >= 15 is 0 Å². The fourth-order valence-corrected chi connectivity index (χ4v) is 4.62. The molecular weight excluding hydrogens is 508 g/mol. The predicted octanol–water partition coefficient (Wildman–Crippen LogP) is 3.35. The number of carboxylic acids is 1. The lowest BCUT2D eigenvalue weighted by Gasteiger charge is -2.27. The second kappa shape index (κ2) is 15.4. The van der Waals surface area contributed by atoms with Gasteiger partial charge in [0.15, 0.2) is 0 Å². The molecule has 0 aliphatic carbocycles. The van der Waals surface area contributed by atoms with Crippen molar-refractivity contribution in [2.45, 2.75) is 63.5 Å². The van der Waals surface area contributed by atoms with Crippen LogP contribution in [0.4, 0.5) is 14.6 Å². The van der Waals surface area contributed by atoms with Gasteiger partial charge in [-0.3, -0.25) is 9.78 Å². The zero-order chi connectivity index (χ0) is 28.2. The highest BCUT2D eigenvalue weighted by Gasteiger charge is 2.27. The van der Waals surface area contributed by atoms with Crippen molar-refractivity contribution in [2.24, 2.45) is 0 Å². The molecular formula is C28H39F2N5O4. The molecule has 3 N–H and O–H groups in total. The highest BCUT2D eigenvalue weighted by atomic mass is 19.1. The van der Waals surface area contributed by atoms with Gasteiger partial charge < -0.3 is 25.4 Å². The average molecular weight is 548 g/mol. The van der Waals surface area contributed by atoms with E-state index in [4.69, 9.17) is 9.72 Å². The number of anilines is 1. The van der Waals surface area contributed by atoms with E-state index in [-0.39, 0.29) is 12.1 Å². The molecule has 214 valence electrons. The Labute approximate surface area is 228 Å². The molecule has 1 aliphatic rings. The number of unbranched alkanes of at least 4 members (excludes halogenated alkanes) is 1. The van der Waals surface area contributed by atoms with Gasteiger partial charge in [-0.2, -0.15) is 0 Å². The molecule has 11 heteroatoms. The molecule has 2 aromatic heterocycles. The SMILES string of the molecule is CO[C@H](CF)CN(CCCCc1ccc2c(n1)NCCC2)CC[C@H](NC(=O)C(C)c1ncccc1F)C(=O)O. The van der Waals surface area contributed by atoms with Gasteiger partial charge in [0.25, 0.3) is 0 Å². The molecule has 0 fully saturated rings. The third-order valence-corrected chi connectivity index (χ3v) is 7.02. The number of fused-ring (bicyclic) bond motifs is 1. The van der Waals surface area contributed by atoms with Crippen LogP contribution in [0.15, 0.2) is 30.5 Å². The van der Waals surface area contributed by atoms with Crippen LogP contribution in [0.5, 0.6) is 0 Å². The van der Waals surface area contributed by atoms with E-state index in [1.807, 2.05) is 4.90 Å². The van der Waals surface area contributed by atoms with E-state index in [9.17, 15) is 23.5 Å². The van der Waals surface area contributed by atoms with Gasteiger partial charge in [0.1, 0.15) is 24.4 Å². The first-order valence-electron chi connectivity index (χ1n) is 13.5. The summed E-state index contributed by atoms with van der Waals surface area (Å²) in [6, 6.07) is 5.63. The second-order valence-corrected chi connectivity index (χ2v) is 9.89. The number of carbonyl (C=O) groups is 2. The number of nitrogens with zero attached hydrogens (tertiary/aromatic N) is 3. The summed E-state index contributed by atoms with van der Waals surface area (Å²) in [6.45, 7) is 2.97. The normalized spacial score (nSPS) is 15.2. The number of nitrogens with one attached hydrogen (secondary N) is 2. The van der Waals surface area contributed by atoms with Crippen LogP contribution in [0, 0.1) is 5.82 Å². The lowest BCUT2D eigenvalue weighted by molar-refractivity contribution is -0.142. The fourth-order valence-electron chi connectivity index (χ4n) is 4.62. The van der Waals surface area contributed by atoms with Crippen molar-refractivity contribution in [3.8, 4) is 0 Å².